The fourth-order valence-electron chi connectivity index (χ4n) is 6.62. The molecular weight excluding hydrogens is 590 g/mol. The van der Waals surface area contributed by atoms with Gasteiger partial charge in [-0.15, -0.1) is 0 Å². The van der Waals surface area contributed by atoms with E-state index >= 15 is 0 Å². The summed E-state index contributed by atoms with van der Waals surface area (Å²) in [5.41, 5.74) is 6.40. The number of benzene rings is 3. The number of hydrogen-bond donors (Lipinski definition) is 2. The maximum atomic E-state index is 13.6. The number of anilines is 1. The molecular formula is C31H26BrN3O6. The summed E-state index contributed by atoms with van der Waals surface area (Å²) in [4.78, 5) is 65.3. The molecule has 0 aromatic heterocycles. The lowest BCUT2D eigenvalue weighted by atomic mass is 9.73. The van der Waals surface area contributed by atoms with Crippen LogP contribution in [-0.4, -0.2) is 36.2 Å². The molecule has 5 atom stereocenters. The summed E-state index contributed by atoms with van der Waals surface area (Å²) in [6.45, 7) is -0.639. The van der Waals surface area contributed by atoms with Gasteiger partial charge in [-0.3, -0.25) is 34.9 Å². The number of rotatable bonds is 6. The fourth-order valence-corrected chi connectivity index (χ4v) is 6.88. The molecule has 2 saturated carbocycles. The molecule has 0 unspecified atom stereocenters. The number of halogens is 1. The highest BCUT2D eigenvalue weighted by Gasteiger charge is 2.64. The van der Waals surface area contributed by atoms with Crippen LogP contribution in [0.1, 0.15) is 45.0 Å². The van der Waals surface area contributed by atoms with Crippen LogP contribution >= 0.6 is 15.9 Å². The van der Waals surface area contributed by atoms with Crippen molar-refractivity contribution in [1.82, 2.24) is 10.9 Å². The van der Waals surface area contributed by atoms with Crippen molar-refractivity contribution >= 4 is 51.2 Å². The predicted molar refractivity (Wildman–Crippen MR) is 151 cm³/mol. The van der Waals surface area contributed by atoms with Crippen molar-refractivity contribution in [2.75, 3.05) is 11.5 Å². The lowest BCUT2D eigenvalue weighted by Gasteiger charge is -2.28. The fraction of sp³-hybridized carbons (Fsp3) is 0.258. The molecule has 0 radical (unpaired) electrons. The van der Waals surface area contributed by atoms with Gasteiger partial charge >= 0.3 is 5.97 Å². The Morgan fingerprint density at radius 3 is 2.32 bits per heavy atom. The molecule has 2 bridgehead atoms. The number of nitrogens with zero attached hydrogens (tertiary/aromatic N) is 1. The van der Waals surface area contributed by atoms with Gasteiger partial charge in [-0.25, -0.2) is 4.79 Å². The van der Waals surface area contributed by atoms with Crippen LogP contribution in [-0.2, 0) is 19.1 Å². The van der Waals surface area contributed by atoms with Gasteiger partial charge in [0.25, 0.3) is 11.8 Å². The Bertz CT molecular complexity index is 1540. The number of esters is 1. The summed E-state index contributed by atoms with van der Waals surface area (Å²) in [5.74, 6) is -2.67. The number of imide groups is 1. The number of carbonyl (C=O) groups excluding carboxylic acids is 5. The second-order valence-corrected chi connectivity index (χ2v) is 11.5. The maximum absolute atomic E-state index is 13.6. The molecule has 2 aliphatic carbocycles. The van der Waals surface area contributed by atoms with Crippen LogP contribution in [0.5, 0.6) is 0 Å². The largest absolute Gasteiger partial charge is 0.452 e. The Morgan fingerprint density at radius 1 is 0.829 bits per heavy atom. The Kier molecular flexibility index (Phi) is 7.17. The molecule has 1 aliphatic heterocycles. The summed E-state index contributed by atoms with van der Waals surface area (Å²) in [6, 6.07) is 22.8. The molecule has 3 aliphatic rings. The minimum atomic E-state index is -0.801. The minimum Gasteiger partial charge on any atom is -0.452 e. The third-order valence-electron chi connectivity index (χ3n) is 8.34. The molecule has 10 heteroatoms. The second-order valence-electron chi connectivity index (χ2n) is 10.6. The number of fused-ring (bicyclic) bond motifs is 5. The molecule has 9 nitrogen and oxygen atoms in total. The van der Waals surface area contributed by atoms with Crippen molar-refractivity contribution in [3.05, 3.63) is 100 Å². The zero-order valence-corrected chi connectivity index (χ0v) is 23.4. The number of nitrogens with one attached hydrogen (secondary N) is 2. The molecule has 2 N–H and O–H groups in total. The number of amides is 4. The van der Waals surface area contributed by atoms with Gasteiger partial charge in [-0.2, -0.15) is 0 Å². The van der Waals surface area contributed by atoms with E-state index in [0.717, 1.165) is 17.3 Å². The quantitative estimate of drug-likeness (QED) is 0.246. The average molecular weight is 616 g/mol. The Labute approximate surface area is 244 Å². The standard InChI is InChI=1S/C31H26BrN3O6/c32-21-11-9-18(10-12-21)28(37)34-33-25(36)16-41-31(40)19-7-4-8-22(13-19)35-29(38)26-20-14-23(17-5-2-1-3-6-17)24(15-20)27(26)30(35)39/h1-13,20,23-24,26-27H,14-16H2,(H,33,36)(H,34,37)/t20-,23+,24+,26+,27-/m0/s1. The first kappa shape index (κ1) is 26.9. The molecule has 4 amide bonds. The van der Waals surface area contributed by atoms with E-state index in [0.29, 0.717) is 11.3 Å². The number of ether oxygens (including phenoxy) is 1. The topological polar surface area (TPSA) is 122 Å². The average Bonchev–Trinajstić information content (AvgIpc) is 3.66. The highest BCUT2D eigenvalue weighted by Crippen LogP contribution is 2.61. The summed E-state index contributed by atoms with van der Waals surface area (Å²) in [7, 11) is 0. The highest BCUT2D eigenvalue weighted by molar-refractivity contribution is 9.10. The zero-order valence-electron chi connectivity index (χ0n) is 21.8. The number of hydrogen-bond acceptors (Lipinski definition) is 6. The molecule has 3 aromatic carbocycles. The summed E-state index contributed by atoms with van der Waals surface area (Å²) < 4.78 is 5.90. The van der Waals surface area contributed by atoms with Crippen molar-refractivity contribution in [1.29, 1.82) is 0 Å². The number of carbonyl (C=O) groups is 5. The molecule has 3 aromatic rings. The van der Waals surface area contributed by atoms with Crippen molar-refractivity contribution in [2.24, 2.45) is 23.7 Å². The minimum absolute atomic E-state index is 0.0944. The SMILES string of the molecule is O=C(COC(=O)c1cccc(N2C(=O)[C@@H]3[C@@H]4C[C@@H]([C@@H]3C2=O)[C@@H](c2ccccc2)C4)c1)NNC(=O)c1ccc(Br)cc1. The van der Waals surface area contributed by atoms with Crippen LogP contribution in [0.4, 0.5) is 5.69 Å². The van der Waals surface area contributed by atoms with Gasteiger partial charge in [0, 0.05) is 10.0 Å². The third kappa shape index (κ3) is 5.04. The molecule has 0 spiro atoms. The molecule has 41 heavy (non-hydrogen) atoms. The molecule has 208 valence electrons. The van der Waals surface area contributed by atoms with Gasteiger partial charge in [0.15, 0.2) is 6.61 Å². The molecule has 1 saturated heterocycles. The molecule has 1 heterocycles. The van der Waals surface area contributed by atoms with E-state index in [-0.39, 0.29) is 47.0 Å². The van der Waals surface area contributed by atoms with Crippen molar-refractivity contribution in [3.63, 3.8) is 0 Å². The predicted octanol–water partition coefficient (Wildman–Crippen LogP) is 4.00. The summed E-state index contributed by atoms with van der Waals surface area (Å²) in [6.07, 6.45) is 1.76. The van der Waals surface area contributed by atoms with Gasteiger partial charge in [0.1, 0.15) is 0 Å². The smallest absolute Gasteiger partial charge is 0.338 e. The molecule has 3 fully saturated rings. The monoisotopic (exact) mass is 615 g/mol. The lowest BCUT2D eigenvalue weighted by Crippen LogP contribution is -2.43. The van der Waals surface area contributed by atoms with Crippen molar-refractivity contribution in [3.8, 4) is 0 Å². The first-order valence-electron chi connectivity index (χ1n) is 13.4. The van der Waals surface area contributed by atoms with Crippen LogP contribution in [0.2, 0.25) is 0 Å². The summed E-state index contributed by atoms with van der Waals surface area (Å²) in [5, 5.41) is 0. The van der Waals surface area contributed by atoms with E-state index in [1.807, 2.05) is 18.2 Å². The van der Waals surface area contributed by atoms with Gasteiger partial charge in [0.05, 0.1) is 23.1 Å². The maximum Gasteiger partial charge on any atom is 0.338 e. The first-order chi connectivity index (χ1) is 19.8. The highest BCUT2D eigenvalue weighted by atomic mass is 79.9. The van der Waals surface area contributed by atoms with E-state index in [1.165, 1.54) is 22.6 Å². The Hall–Kier alpha value is -4.31. The molecule has 6 rings (SSSR count). The second kappa shape index (κ2) is 10.9. The zero-order chi connectivity index (χ0) is 28.7. The lowest BCUT2D eigenvalue weighted by molar-refractivity contribution is -0.125. The van der Waals surface area contributed by atoms with Crippen molar-refractivity contribution in [2.45, 2.75) is 18.8 Å². The van der Waals surface area contributed by atoms with E-state index in [4.69, 9.17) is 4.74 Å². The van der Waals surface area contributed by atoms with Gasteiger partial charge in [-0.1, -0.05) is 52.3 Å². The van der Waals surface area contributed by atoms with Gasteiger partial charge in [-0.05, 0) is 78.6 Å². The first-order valence-corrected chi connectivity index (χ1v) is 14.2. The Morgan fingerprint density at radius 2 is 1.56 bits per heavy atom. The van der Waals surface area contributed by atoms with Crippen LogP contribution in [0.15, 0.2) is 83.3 Å². The van der Waals surface area contributed by atoms with Crippen LogP contribution in [0.25, 0.3) is 0 Å². The third-order valence-corrected chi connectivity index (χ3v) is 8.87. The Balaban J connectivity index is 1.08. The normalized spacial score (nSPS) is 24.2. The van der Waals surface area contributed by atoms with Crippen LogP contribution in [0, 0.1) is 23.7 Å². The van der Waals surface area contributed by atoms with E-state index in [9.17, 15) is 24.0 Å². The van der Waals surface area contributed by atoms with E-state index in [1.54, 1.807) is 36.4 Å². The van der Waals surface area contributed by atoms with Gasteiger partial charge < -0.3 is 4.74 Å². The number of hydrazine groups is 1. The van der Waals surface area contributed by atoms with E-state index < -0.39 is 24.4 Å². The van der Waals surface area contributed by atoms with Crippen molar-refractivity contribution < 1.29 is 28.7 Å². The van der Waals surface area contributed by atoms with Crippen LogP contribution in [0.3, 0.4) is 0 Å². The summed E-state index contributed by atoms with van der Waals surface area (Å²) >= 11 is 3.28. The van der Waals surface area contributed by atoms with Gasteiger partial charge in [0.2, 0.25) is 11.8 Å². The van der Waals surface area contributed by atoms with Crippen LogP contribution < -0.4 is 15.8 Å². The van der Waals surface area contributed by atoms with E-state index in [2.05, 4.69) is 38.9 Å².